The minimum Gasteiger partial charge on any atom is -0.465 e. The second-order valence-corrected chi connectivity index (χ2v) is 13.5. The van der Waals surface area contributed by atoms with Gasteiger partial charge in [-0.1, -0.05) is 35.6 Å². The standard InChI is InChI=1S/C36H38ClN7O3S/c1-22-23(2)48-35-32(22)33(26-9-12-27(37)13-10-26)39-30(34-41-40-24(3)44(34)35)21-31(45)43-18-16-42(17-19-43)28-14-11-25(8-6-5-7-15-38)29(20-28)36(46)47-4/h9-14,20,30H,5,7,15-19,21,38H2,1-4H3/t30-/m0/s1. The molecule has 4 heterocycles. The largest absolute Gasteiger partial charge is 0.465 e. The lowest BCUT2D eigenvalue weighted by Crippen LogP contribution is -2.49. The van der Waals surface area contributed by atoms with Crippen molar-refractivity contribution in [1.82, 2.24) is 19.7 Å². The molecule has 0 bridgehead atoms. The molecule has 12 heteroatoms. The molecule has 248 valence electrons. The number of esters is 1. The molecule has 10 nitrogen and oxygen atoms in total. The summed E-state index contributed by atoms with van der Waals surface area (Å²) in [5.74, 6) is 7.16. The molecule has 2 aromatic carbocycles. The first-order valence-electron chi connectivity index (χ1n) is 16.0. The van der Waals surface area contributed by atoms with E-state index in [1.165, 1.54) is 12.0 Å². The zero-order valence-electron chi connectivity index (χ0n) is 27.5. The van der Waals surface area contributed by atoms with Gasteiger partial charge < -0.3 is 20.3 Å². The van der Waals surface area contributed by atoms with E-state index in [1.54, 1.807) is 11.3 Å². The number of anilines is 1. The van der Waals surface area contributed by atoms with Crippen LogP contribution < -0.4 is 10.6 Å². The highest BCUT2D eigenvalue weighted by molar-refractivity contribution is 7.15. The van der Waals surface area contributed by atoms with Gasteiger partial charge in [0.05, 0.1) is 24.8 Å². The summed E-state index contributed by atoms with van der Waals surface area (Å²) in [6.45, 7) is 9.02. The number of carbonyl (C=O) groups excluding carboxylic acids is 2. The maximum absolute atomic E-state index is 13.9. The summed E-state index contributed by atoms with van der Waals surface area (Å²) in [5, 5.41) is 10.6. The second kappa shape index (κ2) is 14.3. The van der Waals surface area contributed by atoms with Crippen molar-refractivity contribution in [2.24, 2.45) is 10.7 Å². The molecule has 2 aromatic heterocycles. The van der Waals surface area contributed by atoms with Gasteiger partial charge in [0.1, 0.15) is 16.9 Å². The van der Waals surface area contributed by atoms with Gasteiger partial charge in [-0.05, 0) is 69.6 Å². The Morgan fingerprint density at radius 3 is 2.52 bits per heavy atom. The quantitative estimate of drug-likeness (QED) is 0.157. The molecule has 0 unspecified atom stereocenters. The Labute approximate surface area is 289 Å². The van der Waals surface area contributed by atoms with E-state index in [1.807, 2.05) is 54.3 Å². The third kappa shape index (κ3) is 6.61. The molecule has 0 spiro atoms. The smallest absolute Gasteiger partial charge is 0.339 e. The summed E-state index contributed by atoms with van der Waals surface area (Å²) in [4.78, 5) is 37.0. The van der Waals surface area contributed by atoms with Crippen molar-refractivity contribution in [1.29, 1.82) is 0 Å². The highest BCUT2D eigenvalue weighted by Crippen LogP contribution is 2.40. The van der Waals surface area contributed by atoms with Gasteiger partial charge in [0.25, 0.3) is 0 Å². The predicted octanol–water partition coefficient (Wildman–Crippen LogP) is 5.42. The van der Waals surface area contributed by atoms with E-state index in [9.17, 15) is 9.59 Å². The summed E-state index contributed by atoms with van der Waals surface area (Å²) in [6, 6.07) is 12.8. The Bertz CT molecular complexity index is 1950. The minimum absolute atomic E-state index is 0.00238. The number of methoxy groups -OCH3 is 1. The third-order valence-corrected chi connectivity index (χ3v) is 10.3. The molecule has 48 heavy (non-hydrogen) atoms. The van der Waals surface area contributed by atoms with Gasteiger partial charge in [0, 0.05) is 64.9 Å². The number of unbranched alkanes of at least 4 members (excludes halogenated alkanes) is 1. The molecule has 2 aliphatic rings. The summed E-state index contributed by atoms with van der Waals surface area (Å²) >= 11 is 7.93. The molecule has 0 radical (unpaired) electrons. The normalized spacial score (nSPS) is 15.5. The molecular formula is C36H38ClN7O3S. The summed E-state index contributed by atoms with van der Waals surface area (Å²) < 4.78 is 7.11. The number of amides is 1. The molecule has 4 aromatic rings. The molecule has 0 saturated carbocycles. The van der Waals surface area contributed by atoms with Crippen LogP contribution in [0.1, 0.15) is 74.4 Å². The third-order valence-electron chi connectivity index (χ3n) is 8.86. The predicted molar refractivity (Wildman–Crippen MR) is 190 cm³/mol. The van der Waals surface area contributed by atoms with Crippen LogP contribution >= 0.6 is 22.9 Å². The Kier molecular flexibility index (Phi) is 9.96. The Balaban J connectivity index is 1.23. The van der Waals surface area contributed by atoms with Gasteiger partial charge in [-0.2, -0.15) is 0 Å². The van der Waals surface area contributed by atoms with Crippen molar-refractivity contribution in [3.63, 3.8) is 0 Å². The van der Waals surface area contributed by atoms with Crippen LogP contribution in [0.4, 0.5) is 5.69 Å². The van der Waals surface area contributed by atoms with Gasteiger partial charge in [-0.25, -0.2) is 4.79 Å². The van der Waals surface area contributed by atoms with Gasteiger partial charge >= 0.3 is 5.97 Å². The zero-order valence-corrected chi connectivity index (χ0v) is 29.1. The fourth-order valence-electron chi connectivity index (χ4n) is 6.11. The molecular weight excluding hydrogens is 646 g/mol. The number of hydrogen-bond donors (Lipinski definition) is 1. The number of hydrogen-bond acceptors (Lipinski definition) is 9. The maximum atomic E-state index is 13.9. The van der Waals surface area contributed by atoms with Gasteiger partial charge in [-0.3, -0.25) is 14.4 Å². The van der Waals surface area contributed by atoms with Gasteiger partial charge in [-0.15, -0.1) is 21.5 Å². The van der Waals surface area contributed by atoms with Crippen molar-refractivity contribution in [3.8, 4) is 16.8 Å². The van der Waals surface area contributed by atoms with E-state index in [2.05, 4.69) is 45.4 Å². The first-order valence-corrected chi connectivity index (χ1v) is 17.2. The Hall–Kier alpha value is -4.50. The molecule has 2 aliphatic heterocycles. The number of rotatable bonds is 7. The number of benzene rings is 2. The van der Waals surface area contributed by atoms with Crippen LogP contribution in [0.15, 0.2) is 47.5 Å². The molecule has 1 saturated heterocycles. The maximum Gasteiger partial charge on any atom is 0.339 e. The Morgan fingerprint density at radius 1 is 1.06 bits per heavy atom. The van der Waals surface area contributed by atoms with Crippen LogP contribution in [0.3, 0.4) is 0 Å². The SMILES string of the molecule is COC(=O)c1cc(N2CCN(C(=O)C[C@@H]3N=C(c4ccc(Cl)cc4)c4c(sc(C)c4C)-n4c(C)nnc43)CC2)ccc1C#CCCCN. The number of aromatic nitrogens is 3. The molecule has 6 rings (SSSR count). The van der Waals surface area contributed by atoms with E-state index in [0.29, 0.717) is 61.1 Å². The van der Waals surface area contributed by atoms with Crippen molar-refractivity contribution < 1.29 is 14.3 Å². The summed E-state index contributed by atoms with van der Waals surface area (Å²) in [7, 11) is 1.37. The number of nitrogens with two attached hydrogens (primary N) is 1. The number of nitrogens with zero attached hydrogens (tertiary/aromatic N) is 6. The van der Waals surface area contributed by atoms with Crippen LogP contribution in [0.5, 0.6) is 0 Å². The lowest BCUT2D eigenvalue weighted by atomic mass is 9.99. The molecule has 2 N–H and O–H groups in total. The lowest BCUT2D eigenvalue weighted by molar-refractivity contribution is -0.131. The topological polar surface area (TPSA) is 119 Å². The van der Waals surface area contributed by atoms with Crippen molar-refractivity contribution in [3.05, 3.63) is 91.8 Å². The molecule has 0 aliphatic carbocycles. The first kappa shape index (κ1) is 33.4. The Morgan fingerprint density at radius 2 is 1.81 bits per heavy atom. The second-order valence-electron chi connectivity index (χ2n) is 11.9. The molecule has 1 atom stereocenters. The van der Waals surface area contributed by atoms with Crippen LogP contribution in [0.2, 0.25) is 5.02 Å². The van der Waals surface area contributed by atoms with Crippen molar-refractivity contribution in [2.75, 3.05) is 44.7 Å². The average Bonchev–Trinajstić information content (AvgIpc) is 3.58. The van der Waals surface area contributed by atoms with E-state index < -0.39 is 12.0 Å². The highest BCUT2D eigenvalue weighted by Gasteiger charge is 2.34. The van der Waals surface area contributed by atoms with Gasteiger partial charge in [0.2, 0.25) is 5.91 Å². The van der Waals surface area contributed by atoms with E-state index >= 15 is 0 Å². The van der Waals surface area contributed by atoms with E-state index in [-0.39, 0.29) is 12.3 Å². The van der Waals surface area contributed by atoms with E-state index in [0.717, 1.165) is 45.3 Å². The van der Waals surface area contributed by atoms with Gasteiger partial charge in [0.15, 0.2) is 5.82 Å². The van der Waals surface area contributed by atoms with Crippen LogP contribution in [0, 0.1) is 32.6 Å². The number of aliphatic imine (C=N–C) groups is 1. The molecule has 1 fully saturated rings. The fraction of sp³-hybridized carbons (Fsp3) is 0.361. The first-order chi connectivity index (χ1) is 23.2. The van der Waals surface area contributed by atoms with Crippen LogP contribution in [0.25, 0.3) is 5.00 Å². The number of halogens is 1. The fourth-order valence-corrected chi connectivity index (χ4v) is 7.45. The van der Waals surface area contributed by atoms with Crippen LogP contribution in [-0.4, -0.2) is 77.1 Å². The summed E-state index contributed by atoms with van der Waals surface area (Å²) in [6.07, 6.45) is 1.62. The van der Waals surface area contributed by atoms with Crippen molar-refractivity contribution >= 4 is 46.2 Å². The summed E-state index contributed by atoms with van der Waals surface area (Å²) in [5.41, 5.74) is 11.5. The van der Waals surface area contributed by atoms with E-state index in [4.69, 9.17) is 27.1 Å². The van der Waals surface area contributed by atoms with Crippen LogP contribution in [-0.2, 0) is 9.53 Å². The highest BCUT2D eigenvalue weighted by atomic mass is 35.5. The number of fused-ring (bicyclic) bond motifs is 3. The number of carbonyl (C=O) groups is 2. The molecule has 1 amide bonds. The van der Waals surface area contributed by atoms with Crippen molar-refractivity contribution in [2.45, 2.75) is 46.1 Å². The number of piperazine rings is 1. The number of ether oxygens (including phenoxy) is 1. The average molecular weight is 684 g/mol. The lowest BCUT2D eigenvalue weighted by Gasteiger charge is -2.36. The monoisotopic (exact) mass is 683 g/mol. The number of aryl methyl sites for hydroxylation is 2. The number of thiophene rings is 1. The zero-order chi connectivity index (χ0) is 33.9. The minimum atomic E-state index is -0.525.